The Morgan fingerprint density at radius 3 is 3.11 bits per heavy atom. The molecule has 0 bridgehead atoms. The molecule has 104 valence electrons. The summed E-state index contributed by atoms with van der Waals surface area (Å²) in [7, 11) is 0. The number of ether oxygens (including phenoxy) is 1. The number of nitrogens with zero attached hydrogens (tertiary/aromatic N) is 1. The standard InChI is InChI=1S/C16H23NOS/c1-19-16-5-4-15-11-17(7-6-14(15)9-16)10-13-3-2-8-18-12-13/h4-5,9,13H,2-3,6-8,10-12H2,1H3/t13-/m0/s1. The van der Waals surface area contributed by atoms with E-state index in [1.54, 1.807) is 5.56 Å². The van der Waals surface area contributed by atoms with Crippen LogP contribution in [0.4, 0.5) is 0 Å². The van der Waals surface area contributed by atoms with E-state index < -0.39 is 0 Å². The van der Waals surface area contributed by atoms with Crippen LogP contribution in [0.3, 0.4) is 0 Å². The second-order valence-electron chi connectivity index (χ2n) is 5.70. The summed E-state index contributed by atoms with van der Waals surface area (Å²) < 4.78 is 5.59. The molecule has 1 aromatic rings. The average Bonchev–Trinajstić information content (AvgIpc) is 2.48. The molecular formula is C16H23NOS. The molecule has 0 radical (unpaired) electrons. The zero-order chi connectivity index (χ0) is 13.1. The summed E-state index contributed by atoms with van der Waals surface area (Å²) in [5, 5.41) is 0. The van der Waals surface area contributed by atoms with Gasteiger partial charge in [-0.15, -0.1) is 11.8 Å². The van der Waals surface area contributed by atoms with Crippen molar-refractivity contribution in [2.45, 2.75) is 30.7 Å². The molecule has 2 nitrogen and oxygen atoms in total. The third-order valence-electron chi connectivity index (χ3n) is 4.28. The molecule has 0 aromatic heterocycles. The van der Waals surface area contributed by atoms with Crippen LogP contribution >= 0.6 is 11.8 Å². The summed E-state index contributed by atoms with van der Waals surface area (Å²) >= 11 is 1.84. The van der Waals surface area contributed by atoms with Crippen LogP contribution in [0, 0.1) is 5.92 Å². The second-order valence-corrected chi connectivity index (χ2v) is 6.58. The lowest BCUT2D eigenvalue weighted by Crippen LogP contribution is -2.37. The number of thioether (sulfide) groups is 1. The van der Waals surface area contributed by atoms with E-state index in [0.29, 0.717) is 0 Å². The van der Waals surface area contributed by atoms with Gasteiger partial charge in [0.2, 0.25) is 0 Å². The quantitative estimate of drug-likeness (QED) is 0.787. The van der Waals surface area contributed by atoms with Gasteiger partial charge in [0.25, 0.3) is 0 Å². The predicted molar refractivity (Wildman–Crippen MR) is 80.7 cm³/mol. The molecule has 1 aromatic carbocycles. The van der Waals surface area contributed by atoms with E-state index in [1.165, 1.54) is 42.8 Å². The van der Waals surface area contributed by atoms with Gasteiger partial charge in [0, 0.05) is 31.1 Å². The Morgan fingerprint density at radius 2 is 2.32 bits per heavy atom. The maximum Gasteiger partial charge on any atom is 0.0506 e. The SMILES string of the molecule is CSc1ccc2c(c1)CCN(C[C@@H]1CCCOC1)C2. The fourth-order valence-corrected chi connectivity index (χ4v) is 3.65. The molecular weight excluding hydrogens is 254 g/mol. The molecule has 1 saturated heterocycles. The Hall–Kier alpha value is -0.510. The van der Waals surface area contributed by atoms with Gasteiger partial charge in [-0.2, -0.15) is 0 Å². The van der Waals surface area contributed by atoms with Gasteiger partial charge in [0.05, 0.1) is 6.61 Å². The fourth-order valence-electron chi connectivity index (χ4n) is 3.19. The summed E-state index contributed by atoms with van der Waals surface area (Å²) in [6, 6.07) is 6.96. The molecule has 0 spiro atoms. The Balaban J connectivity index is 1.61. The molecule has 0 saturated carbocycles. The highest BCUT2D eigenvalue weighted by atomic mass is 32.2. The van der Waals surface area contributed by atoms with Crippen molar-refractivity contribution < 1.29 is 4.74 Å². The maximum atomic E-state index is 5.59. The van der Waals surface area contributed by atoms with Crippen molar-refractivity contribution >= 4 is 11.8 Å². The van der Waals surface area contributed by atoms with E-state index in [1.807, 2.05) is 11.8 Å². The van der Waals surface area contributed by atoms with Gasteiger partial charge in [-0.3, -0.25) is 4.90 Å². The first-order valence-corrected chi connectivity index (χ1v) is 8.53. The van der Waals surface area contributed by atoms with E-state index >= 15 is 0 Å². The Labute approximate surface area is 120 Å². The van der Waals surface area contributed by atoms with E-state index in [4.69, 9.17) is 4.74 Å². The van der Waals surface area contributed by atoms with Crippen molar-refractivity contribution in [1.82, 2.24) is 4.90 Å². The molecule has 1 fully saturated rings. The Morgan fingerprint density at radius 1 is 1.37 bits per heavy atom. The Bertz CT molecular complexity index is 429. The van der Waals surface area contributed by atoms with E-state index in [2.05, 4.69) is 29.4 Å². The fraction of sp³-hybridized carbons (Fsp3) is 0.625. The normalized spacial score (nSPS) is 24.2. The molecule has 2 aliphatic heterocycles. The second kappa shape index (κ2) is 6.29. The maximum absolute atomic E-state index is 5.59. The minimum atomic E-state index is 0.751. The monoisotopic (exact) mass is 277 g/mol. The lowest BCUT2D eigenvalue weighted by Gasteiger charge is -2.33. The molecule has 3 rings (SSSR count). The van der Waals surface area contributed by atoms with Gasteiger partial charge in [0.1, 0.15) is 0 Å². The molecule has 3 heteroatoms. The number of rotatable bonds is 3. The van der Waals surface area contributed by atoms with Gasteiger partial charge < -0.3 is 4.74 Å². The summed E-state index contributed by atoms with van der Waals surface area (Å²) in [4.78, 5) is 4.01. The third kappa shape index (κ3) is 3.33. The summed E-state index contributed by atoms with van der Waals surface area (Å²) in [5.74, 6) is 0.751. The zero-order valence-corrected chi connectivity index (χ0v) is 12.5. The van der Waals surface area contributed by atoms with Crippen LogP contribution in [0.1, 0.15) is 24.0 Å². The first-order chi connectivity index (χ1) is 9.35. The van der Waals surface area contributed by atoms with Gasteiger partial charge in [0.15, 0.2) is 0 Å². The predicted octanol–water partition coefficient (Wildman–Crippen LogP) is 3.19. The molecule has 0 unspecified atom stereocenters. The van der Waals surface area contributed by atoms with Gasteiger partial charge in [-0.25, -0.2) is 0 Å². The largest absolute Gasteiger partial charge is 0.381 e. The number of benzene rings is 1. The van der Waals surface area contributed by atoms with Crippen molar-refractivity contribution in [1.29, 1.82) is 0 Å². The minimum Gasteiger partial charge on any atom is -0.381 e. The van der Waals surface area contributed by atoms with Crippen LogP contribution in [-0.4, -0.2) is 37.5 Å². The van der Waals surface area contributed by atoms with Gasteiger partial charge in [-0.1, -0.05) is 6.07 Å². The van der Waals surface area contributed by atoms with Crippen LogP contribution in [-0.2, 0) is 17.7 Å². The van der Waals surface area contributed by atoms with Crippen LogP contribution in [0.15, 0.2) is 23.1 Å². The number of fused-ring (bicyclic) bond motifs is 1. The highest BCUT2D eigenvalue weighted by molar-refractivity contribution is 7.98. The zero-order valence-electron chi connectivity index (χ0n) is 11.7. The average molecular weight is 277 g/mol. The first-order valence-electron chi connectivity index (χ1n) is 7.31. The van der Waals surface area contributed by atoms with Crippen LogP contribution in [0.2, 0.25) is 0 Å². The molecule has 19 heavy (non-hydrogen) atoms. The lowest BCUT2D eigenvalue weighted by atomic mass is 9.97. The van der Waals surface area contributed by atoms with Crippen molar-refractivity contribution in [2.24, 2.45) is 5.92 Å². The molecule has 2 aliphatic rings. The summed E-state index contributed by atoms with van der Waals surface area (Å²) in [5.41, 5.74) is 3.09. The highest BCUT2D eigenvalue weighted by Crippen LogP contribution is 2.25. The van der Waals surface area contributed by atoms with Gasteiger partial charge >= 0.3 is 0 Å². The van der Waals surface area contributed by atoms with E-state index in [0.717, 1.165) is 25.7 Å². The Kier molecular flexibility index (Phi) is 4.46. The van der Waals surface area contributed by atoms with Crippen LogP contribution < -0.4 is 0 Å². The van der Waals surface area contributed by atoms with E-state index in [-0.39, 0.29) is 0 Å². The molecule has 2 heterocycles. The summed E-state index contributed by atoms with van der Waals surface area (Å²) in [6.07, 6.45) is 5.94. The van der Waals surface area contributed by atoms with Crippen LogP contribution in [0.5, 0.6) is 0 Å². The van der Waals surface area contributed by atoms with E-state index in [9.17, 15) is 0 Å². The lowest BCUT2D eigenvalue weighted by molar-refractivity contribution is 0.0364. The number of hydrogen-bond donors (Lipinski definition) is 0. The van der Waals surface area contributed by atoms with Crippen molar-refractivity contribution in [3.63, 3.8) is 0 Å². The third-order valence-corrected chi connectivity index (χ3v) is 5.00. The topological polar surface area (TPSA) is 12.5 Å². The highest BCUT2D eigenvalue weighted by Gasteiger charge is 2.21. The van der Waals surface area contributed by atoms with Crippen LogP contribution in [0.25, 0.3) is 0 Å². The molecule has 0 aliphatic carbocycles. The van der Waals surface area contributed by atoms with Crippen molar-refractivity contribution in [2.75, 3.05) is 32.6 Å². The van der Waals surface area contributed by atoms with Gasteiger partial charge in [-0.05, 0) is 54.7 Å². The molecule has 1 atom stereocenters. The smallest absolute Gasteiger partial charge is 0.0506 e. The summed E-state index contributed by atoms with van der Waals surface area (Å²) in [6.45, 7) is 5.48. The minimum absolute atomic E-state index is 0.751. The van der Waals surface area contributed by atoms with Crippen molar-refractivity contribution in [3.05, 3.63) is 29.3 Å². The molecule has 0 N–H and O–H groups in total. The first kappa shape index (κ1) is 13.5. The number of hydrogen-bond acceptors (Lipinski definition) is 3. The van der Waals surface area contributed by atoms with Crippen molar-refractivity contribution in [3.8, 4) is 0 Å². The molecule has 0 amide bonds.